The van der Waals surface area contributed by atoms with E-state index in [0.29, 0.717) is 5.13 Å². The maximum atomic E-state index is 5.81. The fourth-order valence-corrected chi connectivity index (χ4v) is 4.40. The summed E-state index contributed by atoms with van der Waals surface area (Å²) in [6.07, 6.45) is 0. The first kappa shape index (κ1) is 17.5. The molecule has 0 saturated heterocycles. The molecule has 136 valence electrons. The van der Waals surface area contributed by atoms with Crippen LogP contribution in [0, 0.1) is 0 Å². The number of aromatic nitrogens is 2. The van der Waals surface area contributed by atoms with Gasteiger partial charge in [0.1, 0.15) is 22.2 Å². The number of nitrogen functional groups attached to an aromatic ring is 1. The van der Waals surface area contributed by atoms with Gasteiger partial charge in [0.2, 0.25) is 0 Å². The third-order valence-corrected chi connectivity index (χ3v) is 5.83. The number of nitrogens with two attached hydrogens (primary N) is 1. The van der Waals surface area contributed by atoms with Gasteiger partial charge in [-0.15, -0.1) is 22.7 Å². The quantitative estimate of drug-likeness (QED) is 0.503. The van der Waals surface area contributed by atoms with Gasteiger partial charge in [-0.1, -0.05) is 30.3 Å². The molecule has 0 unspecified atom stereocenters. The summed E-state index contributed by atoms with van der Waals surface area (Å²) in [4.78, 5) is 10.3. The summed E-state index contributed by atoms with van der Waals surface area (Å²) in [7, 11) is 3.29. The van der Waals surface area contributed by atoms with Gasteiger partial charge in [0.15, 0.2) is 5.13 Å². The van der Waals surface area contributed by atoms with Crippen LogP contribution in [-0.2, 0) is 0 Å². The number of methoxy groups -OCH3 is 2. The zero-order valence-electron chi connectivity index (χ0n) is 14.8. The number of hydrogen-bond donors (Lipinski definition) is 1. The first-order valence-electron chi connectivity index (χ1n) is 8.19. The Labute approximate surface area is 165 Å². The summed E-state index contributed by atoms with van der Waals surface area (Å²) in [6.45, 7) is 0. The van der Waals surface area contributed by atoms with Crippen molar-refractivity contribution < 1.29 is 9.47 Å². The van der Waals surface area contributed by atoms with Gasteiger partial charge in [-0.05, 0) is 12.1 Å². The van der Waals surface area contributed by atoms with Crippen molar-refractivity contribution in [3.05, 3.63) is 53.9 Å². The molecule has 2 N–H and O–H groups in total. The predicted octanol–water partition coefficient (Wildman–Crippen LogP) is 5.20. The van der Waals surface area contributed by atoms with E-state index < -0.39 is 0 Å². The summed E-state index contributed by atoms with van der Waals surface area (Å²) in [6, 6.07) is 15.9. The fraction of sp³-hybridized carbons (Fsp3) is 0.100. The lowest BCUT2D eigenvalue weighted by Gasteiger charge is -2.08. The summed E-state index contributed by atoms with van der Waals surface area (Å²) in [5, 5.41) is 3.29. The number of benzene rings is 2. The van der Waals surface area contributed by atoms with Crippen LogP contribution in [0.3, 0.4) is 0 Å². The smallest absolute Gasteiger partial charge is 0.180 e. The topological polar surface area (TPSA) is 70.3 Å². The number of ether oxygens (including phenoxy) is 2. The van der Waals surface area contributed by atoms with Crippen LogP contribution in [0.2, 0.25) is 0 Å². The molecule has 0 aliphatic carbocycles. The summed E-state index contributed by atoms with van der Waals surface area (Å²) >= 11 is 2.99. The van der Waals surface area contributed by atoms with Crippen LogP contribution in [0.4, 0.5) is 5.13 Å². The third kappa shape index (κ3) is 3.51. The molecule has 2 heterocycles. The van der Waals surface area contributed by atoms with Crippen LogP contribution in [0.25, 0.3) is 32.4 Å². The van der Waals surface area contributed by atoms with Gasteiger partial charge in [-0.2, -0.15) is 0 Å². The highest BCUT2D eigenvalue weighted by molar-refractivity contribution is 7.19. The highest BCUT2D eigenvalue weighted by Crippen LogP contribution is 2.42. The molecule has 2 aromatic heterocycles. The highest BCUT2D eigenvalue weighted by atomic mass is 32.1. The molecular formula is C20H17N3O2S2. The van der Waals surface area contributed by atoms with Crippen LogP contribution in [0.1, 0.15) is 0 Å². The number of rotatable bonds is 5. The molecule has 7 heteroatoms. The molecule has 4 rings (SSSR count). The van der Waals surface area contributed by atoms with Gasteiger partial charge < -0.3 is 15.2 Å². The molecule has 0 spiro atoms. The molecule has 0 aliphatic heterocycles. The van der Waals surface area contributed by atoms with E-state index in [-0.39, 0.29) is 0 Å². The number of thiazole rings is 2. The standard InChI is InChI=1S/C20H17N3O2S2/c1-24-14-8-13(9-15(10-14)25-2)18-17(12-6-4-3-5-7-12)23-19(27-18)16-11-26-20(21)22-16/h3-11H,1-2H3,(H2,21,22). The molecule has 0 saturated carbocycles. The van der Waals surface area contributed by atoms with Crippen LogP contribution in [-0.4, -0.2) is 24.2 Å². The molecule has 0 fully saturated rings. The van der Waals surface area contributed by atoms with Crippen LogP contribution < -0.4 is 15.2 Å². The first-order valence-corrected chi connectivity index (χ1v) is 9.88. The van der Waals surface area contributed by atoms with E-state index in [0.717, 1.165) is 43.9 Å². The van der Waals surface area contributed by atoms with Crippen molar-refractivity contribution in [2.24, 2.45) is 0 Å². The average Bonchev–Trinajstić information content (AvgIpc) is 3.34. The lowest BCUT2D eigenvalue weighted by atomic mass is 10.1. The minimum absolute atomic E-state index is 0.533. The fourth-order valence-electron chi connectivity index (χ4n) is 2.74. The van der Waals surface area contributed by atoms with Gasteiger partial charge in [-0.25, -0.2) is 9.97 Å². The van der Waals surface area contributed by atoms with Gasteiger partial charge in [0.25, 0.3) is 0 Å². The van der Waals surface area contributed by atoms with Crippen molar-refractivity contribution >= 4 is 27.8 Å². The Hall–Kier alpha value is -2.90. The second-order valence-corrected chi connectivity index (χ2v) is 7.62. The normalized spacial score (nSPS) is 10.7. The molecule has 0 radical (unpaired) electrons. The van der Waals surface area contributed by atoms with E-state index in [1.807, 2.05) is 41.8 Å². The van der Waals surface area contributed by atoms with Crippen LogP contribution in [0.5, 0.6) is 11.5 Å². The van der Waals surface area contributed by atoms with E-state index in [1.165, 1.54) is 11.3 Å². The van der Waals surface area contributed by atoms with Crippen molar-refractivity contribution in [1.82, 2.24) is 9.97 Å². The lowest BCUT2D eigenvalue weighted by molar-refractivity contribution is 0.394. The van der Waals surface area contributed by atoms with Crippen molar-refractivity contribution in [3.8, 4) is 43.9 Å². The number of anilines is 1. The Morgan fingerprint density at radius 2 is 1.59 bits per heavy atom. The minimum Gasteiger partial charge on any atom is -0.497 e. The van der Waals surface area contributed by atoms with E-state index in [1.54, 1.807) is 25.6 Å². The largest absolute Gasteiger partial charge is 0.497 e. The Morgan fingerprint density at radius 3 is 2.19 bits per heavy atom. The van der Waals surface area contributed by atoms with Crippen molar-refractivity contribution in [1.29, 1.82) is 0 Å². The molecule has 0 amide bonds. The maximum absolute atomic E-state index is 5.81. The van der Waals surface area contributed by atoms with Crippen molar-refractivity contribution in [2.75, 3.05) is 20.0 Å². The summed E-state index contributed by atoms with van der Waals surface area (Å²) < 4.78 is 10.9. The summed E-state index contributed by atoms with van der Waals surface area (Å²) in [5.74, 6) is 1.47. The molecule has 5 nitrogen and oxygen atoms in total. The molecule has 27 heavy (non-hydrogen) atoms. The number of hydrogen-bond acceptors (Lipinski definition) is 7. The first-order chi connectivity index (χ1) is 13.2. The lowest BCUT2D eigenvalue weighted by Crippen LogP contribution is -1.89. The van der Waals surface area contributed by atoms with Gasteiger partial charge >= 0.3 is 0 Å². The maximum Gasteiger partial charge on any atom is 0.180 e. The zero-order chi connectivity index (χ0) is 18.8. The summed E-state index contributed by atoms with van der Waals surface area (Å²) in [5.41, 5.74) is 9.53. The Balaban J connectivity index is 1.92. The Morgan fingerprint density at radius 1 is 0.889 bits per heavy atom. The Kier molecular flexibility index (Phi) is 4.79. The van der Waals surface area contributed by atoms with E-state index in [2.05, 4.69) is 17.1 Å². The van der Waals surface area contributed by atoms with E-state index in [4.69, 9.17) is 20.2 Å². The molecule has 2 aromatic carbocycles. The SMILES string of the molecule is COc1cc(OC)cc(-c2sc(-c3csc(N)n3)nc2-c2ccccc2)c1. The molecule has 0 atom stereocenters. The molecule has 0 bridgehead atoms. The van der Waals surface area contributed by atoms with Gasteiger partial charge in [0.05, 0.1) is 24.8 Å². The van der Waals surface area contributed by atoms with E-state index >= 15 is 0 Å². The molecule has 4 aromatic rings. The molecular weight excluding hydrogens is 378 g/mol. The highest BCUT2D eigenvalue weighted by Gasteiger charge is 2.18. The number of nitrogens with zero attached hydrogens (tertiary/aromatic N) is 2. The minimum atomic E-state index is 0.533. The van der Waals surface area contributed by atoms with Crippen LogP contribution >= 0.6 is 22.7 Å². The van der Waals surface area contributed by atoms with Crippen LogP contribution in [0.15, 0.2) is 53.9 Å². The third-order valence-electron chi connectivity index (χ3n) is 4.03. The second-order valence-electron chi connectivity index (χ2n) is 5.74. The predicted molar refractivity (Wildman–Crippen MR) is 112 cm³/mol. The Bertz CT molecular complexity index is 1050. The monoisotopic (exact) mass is 395 g/mol. The van der Waals surface area contributed by atoms with Crippen molar-refractivity contribution in [2.45, 2.75) is 0 Å². The average molecular weight is 396 g/mol. The van der Waals surface area contributed by atoms with Gasteiger partial charge in [0, 0.05) is 22.6 Å². The van der Waals surface area contributed by atoms with Gasteiger partial charge in [-0.3, -0.25) is 0 Å². The second kappa shape index (κ2) is 7.38. The zero-order valence-corrected chi connectivity index (χ0v) is 16.4. The van der Waals surface area contributed by atoms with Crippen molar-refractivity contribution in [3.63, 3.8) is 0 Å². The van der Waals surface area contributed by atoms with E-state index in [9.17, 15) is 0 Å². The molecule has 0 aliphatic rings.